The van der Waals surface area contributed by atoms with Gasteiger partial charge in [-0.3, -0.25) is 9.48 Å². The molecule has 0 aliphatic heterocycles. The van der Waals surface area contributed by atoms with E-state index in [2.05, 4.69) is 37.1 Å². The zero-order valence-electron chi connectivity index (χ0n) is 22.6. The number of urea groups is 1. The number of amides is 3. The number of anilines is 2. The predicted molar refractivity (Wildman–Crippen MR) is 152 cm³/mol. The molecule has 1 aromatic heterocycles. The van der Waals surface area contributed by atoms with E-state index >= 15 is 0 Å². The van der Waals surface area contributed by atoms with Gasteiger partial charge in [0.15, 0.2) is 0 Å². The Morgan fingerprint density at radius 2 is 1.75 bits per heavy atom. The van der Waals surface area contributed by atoms with E-state index in [1.807, 2.05) is 13.2 Å². The van der Waals surface area contributed by atoms with Gasteiger partial charge in [-0.25, -0.2) is 17.9 Å². The van der Waals surface area contributed by atoms with E-state index in [1.165, 1.54) is 29.3 Å². The van der Waals surface area contributed by atoms with Gasteiger partial charge in [-0.1, -0.05) is 17.3 Å². The fraction of sp³-hybridized carbons (Fsp3) is 0.429. The van der Waals surface area contributed by atoms with E-state index in [0.29, 0.717) is 17.8 Å². The highest BCUT2D eigenvalue weighted by molar-refractivity contribution is 7.90. The lowest BCUT2D eigenvalue weighted by molar-refractivity contribution is -0.116. The van der Waals surface area contributed by atoms with Crippen molar-refractivity contribution in [3.8, 4) is 0 Å². The Morgan fingerprint density at radius 3 is 2.48 bits per heavy atom. The molecule has 0 bridgehead atoms. The molecule has 4 N–H and O–H groups in total. The lowest BCUT2D eigenvalue weighted by atomic mass is 9.99. The van der Waals surface area contributed by atoms with E-state index in [0.717, 1.165) is 74.8 Å². The van der Waals surface area contributed by atoms with Gasteiger partial charge in [0.25, 0.3) is 10.0 Å². The van der Waals surface area contributed by atoms with E-state index < -0.39 is 16.1 Å². The lowest BCUT2D eigenvalue weighted by Gasteiger charge is -2.16. The summed E-state index contributed by atoms with van der Waals surface area (Å²) in [6.45, 7) is 1.62. The standard InChI is InChI=1S/C28H35N7O4S/c1-29-14-5-15-35-18-22(32-34-35)12-13-26(36)30-21-8-4-9-23(17-21)40(38,39)33-28(37)31-27-24-10-2-6-19(24)16-20-7-3-11-25(20)27/h4,8-9,16-18,29H,2-3,5-7,10-15H2,1H3,(H,30,36)(H2,31,33,37). The Morgan fingerprint density at radius 1 is 1.00 bits per heavy atom. The molecule has 3 aromatic rings. The number of nitrogens with zero attached hydrogens (tertiary/aromatic N) is 3. The number of fused-ring (bicyclic) bond motifs is 2. The number of carbonyl (C=O) groups is 2. The third kappa shape index (κ3) is 6.50. The fourth-order valence-corrected chi connectivity index (χ4v) is 6.43. The number of aryl methyl sites for hydroxylation is 4. The first-order valence-corrected chi connectivity index (χ1v) is 15.2. The van der Waals surface area contributed by atoms with Crippen molar-refractivity contribution >= 4 is 33.3 Å². The minimum Gasteiger partial charge on any atom is -0.326 e. The average molecular weight is 566 g/mol. The molecule has 0 saturated carbocycles. The maximum absolute atomic E-state index is 13.0. The van der Waals surface area contributed by atoms with Crippen LogP contribution in [0.4, 0.5) is 16.2 Å². The smallest absolute Gasteiger partial charge is 0.326 e. The van der Waals surface area contributed by atoms with Crippen LogP contribution in [0.2, 0.25) is 0 Å². The summed E-state index contributed by atoms with van der Waals surface area (Å²) in [6.07, 6.45) is 9.09. The molecule has 2 aliphatic carbocycles. The maximum Gasteiger partial charge on any atom is 0.333 e. The van der Waals surface area contributed by atoms with Crippen LogP contribution < -0.4 is 20.7 Å². The van der Waals surface area contributed by atoms with E-state index in [4.69, 9.17) is 0 Å². The van der Waals surface area contributed by atoms with Crippen LogP contribution >= 0.6 is 0 Å². The van der Waals surface area contributed by atoms with Gasteiger partial charge in [0, 0.05) is 37.0 Å². The van der Waals surface area contributed by atoms with Crippen LogP contribution in [0.1, 0.15) is 53.6 Å². The molecule has 2 aliphatic rings. The Bertz CT molecular complexity index is 1480. The second-order valence-electron chi connectivity index (χ2n) is 10.3. The van der Waals surface area contributed by atoms with Gasteiger partial charge in [-0.05, 0) is 99.0 Å². The van der Waals surface area contributed by atoms with Crippen molar-refractivity contribution < 1.29 is 18.0 Å². The first-order chi connectivity index (χ1) is 19.3. The molecule has 3 amide bonds. The summed E-state index contributed by atoms with van der Waals surface area (Å²) in [5.41, 5.74) is 6.54. The minimum atomic E-state index is -4.17. The normalized spacial score (nSPS) is 14.0. The average Bonchev–Trinajstić information content (AvgIpc) is 3.69. The second kappa shape index (κ2) is 12.2. The van der Waals surface area contributed by atoms with Gasteiger partial charge < -0.3 is 16.0 Å². The summed E-state index contributed by atoms with van der Waals surface area (Å²) >= 11 is 0. The number of carbonyl (C=O) groups excluding carboxylic acids is 2. The van der Waals surface area contributed by atoms with Crippen molar-refractivity contribution in [2.45, 2.75) is 69.2 Å². The number of nitrogens with one attached hydrogen (secondary N) is 4. The topological polar surface area (TPSA) is 147 Å². The molecule has 0 unspecified atom stereocenters. The molecule has 212 valence electrons. The van der Waals surface area contributed by atoms with Gasteiger partial charge in [-0.2, -0.15) is 0 Å². The zero-order chi connectivity index (χ0) is 28.1. The van der Waals surface area contributed by atoms with Crippen molar-refractivity contribution in [2.75, 3.05) is 24.2 Å². The van der Waals surface area contributed by atoms with Gasteiger partial charge in [0.05, 0.1) is 10.6 Å². The Balaban J connectivity index is 1.18. The van der Waals surface area contributed by atoms with Crippen LogP contribution in [-0.4, -0.2) is 48.9 Å². The summed E-state index contributed by atoms with van der Waals surface area (Å²) in [5.74, 6) is -0.281. The van der Waals surface area contributed by atoms with Gasteiger partial charge in [-0.15, -0.1) is 5.10 Å². The first-order valence-electron chi connectivity index (χ1n) is 13.8. The molecule has 0 radical (unpaired) electrons. The molecule has 0 spiro atoms. The highest BCUT2D eigenvalue weighted by Gasteiger charge is 2.26. The molecule has 40 heavy (non-hydrogen) atoms. The van der Waals surface area contributed by atoms with Crippen LogP contribution in [0.5, 0.6) is 0 Å². The van der Waals surface area contributed by atoms with Crippen molar-refractivity contribution in [2.24, 2.45) is 0 Å². The van der Waals surface area contributed by atoms with Gasteiger partial charge in [0.1, 0.15) is 0 Å². The summed E-state index contributed by atoms with van der Waals surface area (Å²) in [5, 5.41) is 16.8. The number of hydrogen-bond donors (Lipinski definition) is 4. The summed E-state index contributed by atoms with van der Waals surface area (Å²) in [6, 6.07) is 7.31. The molecule has 0 atom stereocenters. The van der Waals surface area contributed by atoms with Crippen LogP contribution in [0.3, 0.4) is 0 Å². The molecule has 0 saturated heterocycles. The second-order valence-corrected chi connectivity index (χ2v) is 12.0. The largest absolute Gasteiger partial charge is 0.333 e. The van der Waals surface area contributed by atoms with Crippen LogP contribution in [0, 0.1) is 0 Å². The summed E-state index contributed by atoms with van der Waals surface area (Å²) in [4.78, 5) is 25.3. The number of hydrogen-bond acceptors (Lipinski definition) is 7. The molecular formula is C28H35N7O4S. The van der Waals surface area contributed by atoms with Gasteiger partial charge >= 0.3 is 6.03 Å². The van der Waals surface area contributed by atoms with E-state index in [9.17, 15) is 18.0 Å². The molecule has 1 heterocycles. The Kier molecular flexibility index (Phi) is 8.46. The van der Waals surface area contributed by atoms with Crippen LogP contribution in [0.15, 0.2) is 41.4 Å². The SMILES string of the molecule is CNCCCn1cc(CCC(=O)Nc2cccc(S(=O)(=O)NC(=O)Nc3c4c(cc5c3CCC5)CCC4)c2)nn1. The third-order valence-corrected chi connectivity index (χ3v) is 8.70. The minimum absolute atomic E-state index is 0.117. The predicted octanol–water partition coefficient (Wildman–Crippen LogP) is 2.95. The molecular weight excluding hydrogens is 530 g/mol. The maximum atomic E-state index is 13.0. The summed E-state index contributed by atoms with van der Waals surface area (Å²) < 4.78 is 30.0. The van der Waals surface area contributed by atoms with Crippen molar-refractivity contribution in [3.05, 3.63) is 64.5 Å². The fourth-order valence-electron chi connectivity index (χ4n) is 5.47. The van der Waals surface area contributed by atoms with Crippen LogP contribution in [-0.2, 0) is 53.5 Å². The molecule has 12 heteroatoms. The van der Waals surface area contributed by atoms with Crippen molar-refractivity contribution in [1.82, 2.24) is 25.0 Å². The van der Waals surface area contributed by atoms with Crippen molar-refractivity contribution in [3.63, 3.8) is 0 Å². The number of aromatic nitrogens is 3. The molecule has 5 rings (SSSR count). The first kappa shape index (κ1) is 27.8. The highest BCUT2D eigenvalue weighted by atomic mass is 32.2. The molecule has 2 aromatic carbocycles. The van der Waals surface area contributed by atoms with Crippen molar-refractivity contribution in [1.29, 1.82) is 0 Å². The van der Waals surface area contributed by atoms with E-state index in [-0.39, 0.29) is 17.2 Å². The molecule has 0 fully saturated rings. The Labute approximate surface area is 234 Å². The quantitative estimate of drug-likeness (QED) is 0.261. The Hall–Kier alpha value is -3.77. The van der Waals surface area contributed by atoms with Gasteiger partial charge in [0.2, 0.25) is 5.91 Å². The number of rotatable bonds is 11. The lowest BCUT2D eigenvalue weighted by Crippen LogP contribution is -2.35. The zero-order valence-corrected chi connectivity index (χ0v) is 23.4. The van der Waals surface area contributed by atoms with Crippen LogP contribution in [0.25, 0.3) is 0 Å². The third-order valence-electron chi connectivity index (χ3n) is 7.38. The highest BCUT2D eigenvalue weighted by Crippen LogP contribution is 2.38. The number of sulfonamides is 1. The number of benzene rings is 2. The summed E-state index contributed by atoms with van der Waals surface area (Å²) in [7, 11) is -2.27. The molecule has 11 nitrogen and oxygen atoms in total. The monoisotopic (exact) mass is 565 g/mol. The van der Waals surface area contributed by atoms with E-state index in [1.54, 1.807) is 10.7 Å².